The zero-order chi connectivity index (χ0) is 20.2. The summed E-state index contributed by atoms with van der Waals surface area (Å²) in [5, 5.41) is 14.0. The molecule has 6 rings (SSSR count). The van der Waals surface area contributed by atoms with Gasteiger partial charge in [-0.1, -0.05) is 36.4 Å². The third-order valence-corrected chi connectivity index (χ3v) is 6.86. The number of nitriles is 1. The number of fused-ring (bicyclic) bond motifs is 6. The van der Waals surface area contributed by atoms with Gasteiger partial charge in [0.1, 0.15) is 6.07 Å². The standard InChI is InChI=1S/C26H13N3S/c1-28-17-9-11-24-21(13-17)19-6-2-3-8-23(19)29(24)18-10-12-25-22(14-18)20-7-4-5-16(15-27)26(20)30-25/h2-14H. The molecule has 0 unspecified atom stereocenters. The fraction of sp³-hybridized carbons (Fsp3) is 0. The predicted octanol–water partition coefficient (Wildman–Crippen LogP) is 7.57. The minimum atomic E-state index is 0.647. The minimum Gasteiger partial charge on any atom is -0.309 e. The van der Waals surface area contributed by atoms with Crippen molar-refractivity contribution < 1.29 is 0 Å². The molecule has 0 atom stereocenters. The van der Waals surface area contributed by atoms with Crippen molar-refractivity contribution in [2.24, 2.45) is 0 Å². The maximum atomic E-state index is 9.48. The summed E-state index contributed by atoms with van der Waals surface area (Å²) in [5.41, 5.74) is 4.64. The highest BCUT2D eigenvalue weighted by molar-refractivity contribution is 7.26. The van der Waals surface area contributed by atoms with Crippen LogP contribution < -0.4 is 0 Å². The number of aromatic nitrogens is 1. The molecule has 0 aliphatic heterocycles. The zero-order valence-corrected chi connectivity index (χ0v) is 16.6. The van der Waals surface area contributed by atoms with Gasteiger partial charge >= 0.3 is 0 Å². The van der Waals surface area contributed by atoms with E-state index in [0.29, 0.717) is 5.69 Å². The fourth-order valence-corrected chi connectivity index (χ4v) is 5.47. The van der Waals surface area contributed by atoms with E-state index in [1.807, 2.05) is 42.5 Å². The summed E-state index contributed by atoms with van der Waals surface area (Å²) < 4.78 is 4.47. The molecule has 6 aromatic rings. The first-order valence-corrected chi connectivity index (χ1v) is 10.4. The Morgan fingerprint density at radius 2 is 1.63 bits per heavy atom. The second-order valence-electron chi connectivity index (χ2n) is 7.24. The molecule has 0 aliphatic rings. The lowest BCUT2D eigenvalue weighted by atomic mass is 10.1. The predicted molar refractivity (Wildman–Crippen MR) is 125 cm³/mol. The molecule has 0 spiro atoms. The summed E-state index contributed by atoms with van der Waals surface area (Å²) in [6.45, 7) is 7.38. The van der Waals surface area contributed by atoms with Crippen LogP contribution in [0.5, 0.6) is 0 Å². The normalized spacial score (nSPS) is 11.3. The van der Waals surface area contributed by atoms with Gasteiger partial charge in [-0.15, -0.1) is 11.3 Å². The lowest BCUT2D eigenvalue weighted by molar-refractivity contribution is 1.19. The first-order chi connectivity index (χ1) is 14.8. The zero-order valence-electron chi connectivity index (χ0n) is 15.8. The van der Waals surface area contributed by atoms with Crippen molar-refractivity contribution >= 4 is 59.0 Å². The van der Waals surface area contributed by atoms with Crippen molar-refractivity contribution in [2.75, 3.05) is 0 Å². The van der Waals surface area contributed by atoms with Gasteiger partial charge in [0.25, 0.3) is 0 Å². The van der Waals surface area contributed by atoms with Gasteiger partial charge in [0, 0.05) is 26.5 Å². The molecule has 0 saturated carbocycles. The molecular formula is C26H13N3S. The molecule has 0 saturated heterocycles. The Kier molecular flexibility index (Phi) is 3.47. The molecule has 2 heterocycles. The number of hydrogen-bond acceptors (Lipinski definition) is 2. The Labute approximate surface area is 176 Å². The summed E-state index contributed by atoms with van der Waals surface area (Å²) in [4.78, 5) is 3.61. The van der Waals surface area contributed by atoms with Gasteiger partial charge in [-0.05, 0) is 47.9 Å². The van der Waals surface area contributed by atoms with Crippen LogP contribution in [0.3, 0.4) is 0 Å². The molecule has 0 N–H and O–H groups in total. The highest BCUT2D eigenvalue weighted by atomic mass is 32.1. The van der Waals surface area contributed by atoms with Crippen LogP contribution in [0.4, 0.5) is 5.69 Å². The molecular weight excluding hydrogens is 386 g/mol. The summed E-state index contributed by atoms with van der Waals surface area (Å²) in [7, 11) is 0. The number of benzene rings is 4. The quantitative estimate of drug-likeness (QED) is 0.262. The van der Waals surface area contributed by atoms with Gasteiger partial charge in [0.2, 0.25) is 0 Å². The van der Waals surface area contributed by atoms with Crippen LogP contribution in [0.1, 0.15) is 5.56 Å². The second-order valence-corrected chi connectivity index (χ2v) is 8.29. The van der Waals surface area contributed by atoms with Gasteiger partial charge in [-0.2, -0.15) is 5.26 Å². The molecule has 0 bridgehead atoms. The molecule has 138 valence electrons. The largest absolute Gasteiger partial charge is 0.309 e. The lowest BCUT2D eigenvalue weighted by Gasteiger charge is -2.08. The van der Waals surface area contributed by atoms with Crippen molar-refractivity contribution in [3.8, 4) is 11.8 Å². The van der Waals surface area contributed by atoms with Crippen molar-refractivity contribution in [3.63, 3.8) is 0 Å². The Bertz CT molecular complexity index is 1720. The van der Waals surface area contributed by atoms with Crippen molar-refractivity contribution in [1.82, 2.24) is 4.57 Å². The van der Waals surface area contributed by atoms with Crippen molar-refractivity contribution in [2.45, 2.75) is 0 Å². The number of rotatable bonds is 1. The van der Waals surface area contributed by atoms with E-state index >= 15 is 0 Å². The minimum absolute atomic E-state index is 0.647. The molecule has 3 nitrogen and oxygen atoms in total. The third kappa shape index (κ3) is 2.23. The second kappa shape index (κ2) is 6.19. The Hall–Kier alpha value is -4.12. The fourth-order valence-electron chi connectivity index (χ4n) is 4.32. The van der Waals surface area contributed by atoms with Crippen LogP contribution in [0.15, 0.2) is 78.9 Å². The Balaban J connectivity index is 1.72. The summed E-state index contributed by atoms with van der Waals surface area (Å²) in [6.07, 6.45) is 0. The van der Waals surface area contributed by atoms with E-state index < -0.39 is 0 Å². The van der Waals surface area contributed by atoms with E-state index in [1.54, 1.807) is 11.3 Å². The molecule has 0 amide bonds. The molecule has 0 radical (unpaired) electrons. The van der Waals surface area contributed by atoms with E-state index in [0.717, 1.165) is 48.5 Å². The third-order valence-electron chi connectivity index (χ3n) is 5.64. The van der Waals surface area contributed by atoms with E-state index in [9.17, 15) is 5.26 Å². The van der Waals surface area contributed by atoms with E-state index in [4.69, 9.17) is 6.57 Å². The van der Waals surface area contributed by atoms with E-state index in [1.165, 1.54) is 4.70 Å². The van der Waals surface area contributed by atoms with E-state index in [-0.39, 0.29) is 0 Å². The molecule has 4 heteroatoms. The molecule has 2 aromatic heterocycles. The van der Waals surface area contributed by atoms with Crippen LogP contribution in [0.25, 0.3) is 52.5 Å². The SMILES string of the molecule is [C-]#[N+]c1ccc2c(c1)c1ccccc1n2-c1ccc2sc3c(C#N)cccc3c2c1. The van der Waals surface area contributed by atoms with Crippen LogP contribution >= 0.6 is 11.3 Å². The average molecular weight is 399 g/mol. The number of para-hydroxylation sites is 1. The van der Waals surface area contributed by atoms with Crippen molar-refractivity contribution in [3.05, 3.63) is 95.8 Å². The van der Waals surface area contributed by atoms with Crippen molar-refractivity contribution in [1.29, 1.82) is 5.26 Å². The lowest BCUT2D eigenvalue weighted by Crippen LogP contribution is -1.93. The van der Waals surface area contributed by atoms with Gasteiger partial charge in [0.15, 0.2) is 5.69 Å². The first-order valence-electron chi connectivity index (χ1n) is 9.55. The first kappa shape index (κ1) is 16.8. The Morgan fingerprint density at radius 3 is 2.50 bits per heavy atom. The highest BCUT2D eigenvalue weighted by Crippen LogP contribution is 2.39. The summed E-state index contributed by atoms with van der Waals surface area (Å²) >= 11 is 1.67. The number of nitrogens with zero attached hydrogens (tertiary/aromatic N) is 3. The molecule has 4 aromatic carbocycles. The summed E-state index contributed by atoms with van der Waals surface area (Å²) in [6, 6.07) is 28.9. The number of thiophene rings is 1. The smallest absolute Gasteiger partial charge is 0.188 e. The van der Waals surface area contributed by atoms with Crippen LogP contribution in [-0.4, -0.2) is 4.57 Å². The topological polar surface area (TPSA) is 33.1 Å². The maximum absolute atomic E-state index is 9.48. The highest BCUT2D eigenvalue weighted by Gasteiger charge is 2.14. The maximum Gasteiger partial charge on any atom is 0.188 e. The summed E-state index contributed by atoms with van der Waals surface area (Å²) in [5.74, 6) is 0. The molecule has 30 heavy (non-hydrogen) atoms. The monoisotopic (exact) mass is 399 g/mol. The van der Waals surface area contributed by atoms with Gasteiger partial charge in [0.05, 0.1) is 27.9 Å². The van der Waals surface area contributed by atoms with Crippen LogP contribution in [0, 0.1) is 17.9 Å². The number of hydrogen-bond donors (Lipinski definition) is 0. The van der Waals surface area contributed by atoms with Gasteiger partial charge < -0.3 is 4.57 Å². The molecule has 0 fully saturated rings. The average Bonchev–Trinajstić information content (AvgIpc) is 3.33. The molecule has 0 aliphatic carbocycles. The van der Waals surface area contributed by atoms with Gasteiger partial charge in [-0.25, -0.2) is 4.85 Å². The van der Waals surface area contributed by atoms with Crippen LogP contribution in [-0.2, 0) is 0 Å². The van der Waals surface area contributed by atoms with Gasteiger partial charge in [-0.3, -0.25) is 0 Å². The van der Waals surface area contributed by atoms with Crippen LogP contribution in [0.2, 0.25) is 0 Å². The van der Waals surface area contributed by atoms with E-state index in [2.05, 4.69) is 51.9 Å². The Morgan fingerprint density at radius 1 is 0.800 bits per heavy atom.